The van der Waals surface area contributed by atoms with Gasteiger partial charge < -0.3 is 5.11 Å². The second kappa shape index (κ2) is 13.0. The average Bonchev–Trinajstić information content (AvgIpc) is 3.38. The minimum absolute atomic E-state index is 0.00489. The average molecular weight is 655 g/mol. The molecule has 3 aromatic rings. The van der Waals surface area contributed by atoms with Crippen LogP contribution < -0.4 is 16.5 Å². The molecule has 47 heavy (non-hydrogen) atoms. The third kappa shape index (κ3) is 6.30. The summed E-state index contributed by atoms with van der Waals surface area (Å²) in [5.41, 5.74) is 7.86. The van der Waals surface area contributed by atoms with Gasteiger partial charge in [-0.05, 0) is 99.2 Å². The highest BCUT2D eigenvalue weighted by Gasteiger charge is 2.50. The summed E-state index contributed by atoms with van der Waals surface area (Å²) in [6, 6.07) is 8.99. The van der Waals surface area contributed by atoms with Gasteiger partial charge in [-0.15, -0.1) is 0 Å². The number of imidazole rings is 1. The van der Waals surface area contributed by atoms with Gasteiger partial charge in [0.1, 0.15) is 0 Å². The van der Waals surface area contributed by atoms with Crippen LogP contribution in [0.1, 0.15) is 93.7 Å². The number of fused-ring (bicyclic) bond motifs is 1. The number of hydrogen-bond acceptors (Lipinski definition) is 6. The summed E-state index contributed by atoms with van der Waals surface area (Å²) in [6.45, 7) is 4.40. The molecule has 4 fully saturated rings. The molecule has 2 saturated heterocycles. The predicted molar refractivity (Wildman–Crippen MR) is 176 cm³/mol. The number of alkyl halides is 3. The lowest BCUT2D eigenvalue weighted by Crippen LogP contribution is -2.52. The standard InChI is InChI=1S/C36H49F3N6O2/c1-24-9-8-14-43(19-24)20-26-17-30(36(37,38)39)31-22-44(34(47)45(31)21-26)29-11-7-10-27(18-29)32(28-15-25(16-28)23-46)33-40-41-35(42(33)2)12-5-3-4-6-13-35/h7,10-11,17-18,21-22,24-25,28,32-33,40-41,46H,3-6,8-9,12-16,19-20,23H2,1-2H3/t24-,25?,28?,32-,33?/m0/s1. The summed E-state index contributed by atoms with van der Waals surface area (Å²) in [6.07, 6.45) is 9.26. The van der Waals surface area contributed by atoms with Crippen molar-refractivity contribution >= 4 is 5.52 Å². The third-order valence-electron chi connectivity index (χ3n) is 11.7. The molecule has 3 atom stereocenters. The van der Waals surface area contributed by atoms with E-state index in [1.54, 1.807) is 12.3 Å². The molecule has 4 heterocycles. The van der Waals surface area contributed by atoms with Crippen LogP contribution in [-0.2, 0) is 12.7 Å². The summed E-state index contributed by atoms with van der Waals surface area (Å²) in [4.78, 5) is 18.5. The Balaban J connectivity index is 1.25. The zero-order valence-electron chi connectivity index (χ0n) is 27.6. The molecule has 2 aliphatic carbocycles. The molecule has 7 rings (SSSR count). The normalized spacial score (nSPS) is 28.0. The molecule has 4 aliphatic rings. The van der Waals surface area contributed by atoms with Crippen LogP contribution >= 0.6 is 0 Å². The lowest BCUT2D eigenvalue weighted by atomic mass is 9.65. The Morgan fingerprint density at radius 1 is 1.06 bits per heavy atom. The van der Waals surface area contributed by atoms with E-state index < -0.39 is 17.4 Å². The Hall–Kier alpha value is -2.70. The van der Waals surface area contributed by atoms with Crippen molar-refractivity contribution in [3.8, 4) is 5.69 Å². The van der Waals surface area contributed by atoms with Crippen molar-refractivity contribution in [2.24, 2.45) is 17.8 Å². The highest BCUT2D eigenvalue weighted by atomic mass is 19.4. The fourth-order valence-corrected chi connectivity index (χ4v) is 9.04. The number of likely N-dealkylation sites (N-methyl/N-ethyl adjacent to an activating group) is 1. The van der Waals surface area contributed by atoms with Gasteiger partial charge in [0.2, 0.25) is 0 Å². The van der Waals surface area contributed by atoms with E-state index in [0.29, 0.717) is 29.6 Å². The SMILES string of the molecule is C[C@H]1CCCN(Cc2cc(C(F)(F)F)c3cn(-c4cccc([C@@H](C5CC(CO)C5)C5NNC6(CCCCCC6)N5C)c4)c(=O)n3c2)C1. The second-order valence-electron chi connectivity index (χ2n) is 15.0. The first kappa shape index (κ1) is 32.8. The Morgan fingerprint density at radius 2 is 1.83 bits per heavy atom. The maximum Gasteiger partial charge on any atom is 0.418 e. The fourth-order valence-electron chi connectivity index (χ4n) is 9.04. The van der Waals surface area contributed by atoms with E-state index in [-0.39, 0.29) is 35.8 Å². The lowest BCUT2D eigenvalue weighted by Gasteiger charge is -2.45. The number of aliphatic hydroxyl groups excluding tert-OH is 1. The number of nitrogens with zero attached hydrogens (tertiary/aromatic N) is 4. The molecule has 11 heteroatoms. The maximum absolute atomic E-state index is 14.5. The number of rotatable bonds is 7. The van der Waals surface area contributed by atoms with E-state index in [0.717, 1.165) is 57.2 Å². The highest BCUT2D eigenvalue weighted by molar-refractivity contribution is 5.58. The number of nitrogens with one attached hydrogen (secondary N) is 2. The smallest absolute Gasteiger partial charge is 0.396 e. The Morgan fingerprint density at radius 3 is 2.53 bits per heavy atom. The number of pyridine rings is 1. The van der Waals surface area contributed by atoms with E-state index in [1.165, 1.54) is 46.9 Å². The molecular weight excluding hydrogens is 605 g/mol. The Bertz CT molecular complexity index is 1620. The molecule has 2 saturated carbocycles. The van der Waals surface area contributed by atoms with Gasteiger partial charge in [0.25, 0.3) is 0 Å². The van der Waals surface area contributed by atoms with Crippen LogP contribution in [0, 0.1) is 17.8 Å². The van der Waals surface area contributed by atoms with Crippen molar-refractivity contribution in [1.82, 2.24) is 29.6 Å². The number of hydrogen-bond donors (Lipinski definition) is 3. The lowest BCUT2D eigenvalue weighted by molar-refractivity contribution is -0.136. The molecule has 1 unspecified atom stereocenters. The van der Waals surface area contributed by atoms with Gasteiger partial charge in [0, 0.05) is 38.0 Å². The quantitative estimate of drug-likeness (QED) is 0.297. The monoisotopic (exact) mass is 654 g/mol. The van der Waals surface area contributed by atoms with Crippen LogP contribution in [-0.4, -0.2) is 62.4 Å². The number of aliphatic hydroxyl groups is 1. The highest BCUT2D eigenvalue weighted by Crippen LogP contribution is 2.48. The van der Waals surface area contributed by atoms with Gasteiger partial charge in [-0.1, -0.05) is 44.7 Å². The van der Waals surface area contributed by atoms with E-state index >= 15 is 0 Å². The molecule has 0 radical (unpaired) electrons. The number of piperidine rings is 1. The van der Waals surface area contributed by atoms with Gasteiger partial charge in [-0.3, -0.25) is 18.8 Å². The molecule has 0 bridgehead atoms. The molecule has 2 aliphatic heterocycles. The summed E-state index contributed by atoms with van der Waals surface area (Å²) >= 11 is 0. The zero-order valence-corrected chi connectivity index (χ0v) is 27.6. The van der Waals surface area contributed by atoms with Crippen molar-refractivity contribution in [2.75, 3.05) is 26.7 Å². The van der Waals surface area contributed by atoms with Gasteiger partial charge in [0.15, 0.2) is 0 Å². The topological polar surface area (TPSA) is 77.2 Å². The van der Waals surface area contributed by atoms with Crippen LogP contribution in [0.25, 0.3) is 11.2 Å². The second-order valence-corrected chi connectivity index (χ2v) is 15.0. The Kier molecular flexibility index (Phi) is 9.06. The van der Waals surface area contributed by atoms with Crippen molar-refractivity contribution in [2.45, 2.75) is 102 Å². The first-order chi connectivity index (χ1) is 22.6. The number of aromatic nitrogens is 2. The minimum Gasteiger partial charge on any atom is -0.396 e. The molecule has 1 spiro atoms. The van der Waals surface area contributed by atoms with E-state index in [9.17, 15) is 23.1 Å². The molecule has 2 aromatic heterocycles. The third-order valence-corrected chi connectivity index (χ3v) is 11.7. The van der Waals surface area contributed by atoms with Gasteiger partial charge >= 0.3 is 11.9 Å². The van der Waals surface area contributed by atoms with Crippen LogP contribution in [0.4, 0.5) is 13.2 Å². The molecule has 1 aromatic carbocycles. The van der Waals surface area contributed by atoms with Gasteiger partial charge in [-0.2, -0.15) is 13.2 Å². The van der Waals surface area contributed by atoms with Gasteiger partial charge in [0.05, 0.1) is 28.6 Å². The molecule has 8 nitrogen and oxygen atoms in total. The van der Waals surface area contributed by atoms with Gasteiger partial charge in [-0.25, -0.2) is 15.6 Å². The Labute approximate surface area is 274 Å². The molecule has 3 N–H and O–H groups in total. The zero-order chi connectivity index (χ0) is 32.9. The van der Waals surface area contributed by atoms with Crippen molar-refractivity contribution in [3.63, 3.8) is 0 Å². The first-order valence-corrected chi connectivity index (χ1v) is 17.6. The number of benzene rings is 1. The molecule has 0 amide bonds. The van der Waals surface area contributed by atoms with Crippen LogP contribution in [0.2, 0.25) is 0 Å². The summed E-state index contributed by atoms with van der Waals surface area (Å²) in [5.74, 6) is 1.16. The predicted octanol–water partition coefficient (Wildman–Crippen LogP) is 5.86. The van der Waals surface area contributed by atoms with Crippen LogP contribution in [0.5, 0.6) is 0 Å². The summed E-state index contributed by atoms with van der Waals surface area (Å²) in [5, 5.41) is 9.84. The minimum atomic E-state index is -4.60. The summed E-state index contributed by atoms with van der Waals surface area (Å²) < 4.78 is 45.9. The van der Waals surface area contributed by atoms with Crippen molar-refractivity contribution in [1.29, 1.82) is 0 Å². The fraction of sp³-hybridized carbons (Fsp3) is 0.639. The number of likely N-dealkylation sites (tertiary alicyclic amines) is 1. The van der Waals surface area contributed by atoms with E-state index in [4.69, 9.17) is 0 Å². The number of hydrazine groups is 1. The largest absolute Gasteiger partial charge is 0.418 e. The van der Waals surface area contributed by atoms with E-state index in [1.807, 2.05) is 12.1 Å². The van der Waals surface area contributed by atoms with Crippen molar-refractivity contribution < 1.29 is 18.3 Å². The molecular formula is C36H49F3N6O2. The van der Waals surface area contributed by atoms with Crippen molar-refractivity contribution in [3.05, 3.63) is 69.9 Å². The van der Waals surface area contributed by atoms with Crippen LogP contribution in [0.3, 0.4) is 0 Å². The van der Waals surface area contributed by atoms with E-state index in [2.05, 4.69) is 40.7 Å². The number of halogens is 3. The summed E-state index contributed by atoms with van der Waals surface area (Å²) in [7, 11) is 2.19. The van der Waals surface area contributed by atoms with Crippen LogP contribution in [0.15, 0.2) is 47.5 Å². The first-order valence-electron chi connectivity index (χ1n) is 17.6. The molecule has 256 valence electrons. The maximum atomic E-state index is 14.5.